The number of ketones is 1. The van der Waals surface area contributed by atoms with Gasteiger partial charge in [0.1, 0.15) is 6.10 Å². The molecular formula is C20H22O2. The van der Waals surface area contributed by atoms with Gasteiger partial charge >= 0.3 is 0 Å². The minimum Gasteiger partial charge on any atom is -0.373 e. The van der Waals surface area contributed by atoms with Gasteiger partial charge in [-0.05, 0) is 18.4 Å². The van der Waals surface area contributed by atoms with Crippen LogP contribution in [-0.4, -0.2) is 19.0 Å². The summed E-state index contributed by atoms with van der Waals surface area (Å²) in [6.45, 7) is 3.89. The highest BCUT2D eigenvalue weighted by molar-refractivity contribution is 5.99. The molecule has 2 aromatic rings. The Kier molecular flexibility index (Phi) is 6.11. The molecule has 0 heterocycles. The molecule has 2 heteroatoms. The van der Waals surface area contributed by atoms with E-state index in [4.69, 9.17) is 4.74 Å². The highest BCUT2D eigenvalue weighted by atomic mass is 16.5. The minimum atomic E-state index is -0.483. The summed E-state index contributed by atoms with van der Waals surface area (Å²) in [6, 6.07) is 19.5. The SMILES string of the molecule is C=C[C@H](CCc1ccccc1)[C@@H](OC)C(=O)c1ccccc1. The number of aryl methyl sites for hydroxylation is 1. The van der Waals surface area contributed by atoms with Crippen LogP contribution in [0.5, 0.6) is 0 Å². The fourth-order valence-corrected chi connectivity index (χ4v) is 2.61. The summed E-state index contributed by atoms with van der Waals surface area (Å²) in [5, 5.41) is 0. The predicted molar refractivity (Wildman–Crippen MR) is 90.0 cm³/mol. The highest BCUT2D eigenvalue weighted by Gasteiger charge is 2.26. The number of ether oxygens (including phenoxy) is 1. The normalized spacial score (nSPS) is 13.3. The molecule has 0 fully saturated rings. The molecule has 0 saturated heterocycles. The zero-order chi connectivity index (χ0) is 15.8. The van der Waals surface area contributed by atoms with Crippen LogP contribution in [0.15, 0.2) is 73.3 Å². The zero-order valence-electron chi connectivity index (χ0n) is 12.9. The number of hydrogen-bond donors (Lipinski definition) is 0. The van der Waals surface area contributed by atoms with E-state index in [-0.39, 0.29) is 11.7 Å². The molecule has 114 valence electrons. The molecule has 0 aliphatic heterocycles. The number of methoxy groups -OCH3 is 1. The summed E-state index contributed by atoms with van der Waals surface area (Å²) in [5.41, 5.74) is 1.94. The number of hydrogen-bond acceptors (Lipinski definition) is 2. The lowest BCUT2D eigenvalue weighted by molar-refractivity contribution is 0.0462. The summed E-state index contributed by atoms with van der Waals surface area (Å²) in [7, 11) is 1.59. The first-order chi connectivity index (χ1) is 10.8. The van der Waals surface area contributed by atoms with Gasteiger partial charge in [0.05, 0.1) is 0 Å². The summed E-state index contributed by atoms with van der Waals surface area (Å²) >= 11 is 0. The van der Waals surface area contributed by atoms with Crippen LogP contribution in [0.4, 0.5) is 0 Å². The van der Waals surface area contributed by atoms with Gasteiger partial charge in [-0.15, -0.1) is 6.58 Å². The third-order valence-electron chi connectivity index (χ3n) is 3.87. The quantitative estimate of drug-likeness (QED) is 0.535. The minimum absolute atomic E-state index is 0.00193. The van der Waals surface area contributed by atoms with Crippen molar-refractivity contribution in [2.45, 2.75) is 18.9 Å². The van der Waals surface area contributed by atoms with Crippen LogP contribution in [0.25, 0.3) is 0 Å². The number of benzene rings is 2. The Morgan fingerprint density at radius 2 is 1.68 bits per heavy atom. The molecule has 2 rings (SSSR count). The van der Waals surface area contributed by atoms with Crippen molar-refractivity contribution in [1.29, 1.82) is 0 Å². The van der Waals surface area contributed by atoms with E-state index < -0.39 is 6.10 Å². The number of carbonyl (C=O) groups excluding carboxylic acids is 1. The first-order valence-electron chi connectivity index (χ1n) is 7.54. The fraction of sp³-hybridized carbons (Fsp3) is 0.250. The van der Waals surface area contributed by atoms with Crippen molar-refractivity contribution in [3.8, 4) is 0 Å². The molecule has 0 radical (unpaired) electrons. The molecule has 2 atom stereocenters. The topological polar surface area (TPSA) is 26.3 Å². The van der Waals surface area contributed by atoms with E-state index in [0.717, 1.165) is 12.8 Å². The molecule has 0 aliphatic carbocycles. The van der Waals surface area contributed by atoms with Crippen LogP contribution in [-0.2, 0) is 11.2 Å². The van der Waals surface area contributed by atoms with Gasteiger partial charge in [-0.1, -0.05) is 66.7 Å². The maximum absolute atomic E-state index is 12.6. The van der Waals surface area contributed by atoms with E-state index in [1.807, 2.05) is 54.6 Å². The second-order valence-corrected chi connectivity index (χ2v) is 5.31. The number of Topliss-reactive ketones (excluding diaryl/α,β-unsaturated/α-hetero) is 1. The van der Waals surface area contributed by atoms with Gasteiger partial charge in [0.25, 0.3) is 0 Å². The molecule has 0 saturated carbocycles. The molecular weight excluding hydrogens is 272 g/mol. The second kappa shape index (κ2) is 8.30. The van der Waals surface area contributed by atoms with E-state index in [1.54, 1.807) is 7.11 Å². The molecule has 22 heavy (non-hydrogen) atoms. The van der Waals surface area contributed by atoms with Gasteiger partial charge in [-0.2, -0.15) is 0 Å². The van der Waals surface area contributed by atoms with Crippen molar-refractivity contribution in [3.63, 3.8) is 0 Å². The third-order valence-corrected chi connectivity index (χ3v) is 3.87. The highest BCUT2D eigenvalue weighted by Crippen LogP contribution is 2.20. The van der Waals surface area contributed by atoms with E-state index in [1.165, 1.54) is 5.56 Å². The molecule has 0 aromatic heterocycles. The largest absolute Gasteiger partial charge is 0.373 e. The lowest BCUT2D eigenvalue weighted by atomic mass is 9.89. The van der Waals surface area contributed by atoms with Crippen molar-refractivity contribution in [3.05, 3.63) is 84.4 Å². The van der Waals surface area contributed by atoms with Crippen molar-refractivity contribution in [2.75, 3.05) is 7.11 Å². The van der Waals surface area contributed by atoms with Gasteiger partial charge in [-0.25, -0.2) is 0 Å². The average molecular weight is 294 g/mol. The molecule has 0 amide bonds. The summed E-state index contributed by atoms with van der Waals surface area (Å²) in [4.78, 5) is 12.6. The first kappa shape index (κ1) is 16.2. The van der Waals surface area contributed by atoms with E-state index in [2.05, 4.69) is 18.7 Å². The number of rotatable bonds is 8. The first-order valence-corrected chi connectivity index (χ1v) is 7.54. The lowest BCUT2D eigenvalue weighted by Gasteiger charge is -2.22. The van der Waals surface area contributed by atoms with Crippen LogP contribution in [0.2, 0.25) is 0 Å². The Balaban J connectivity index is 2.06. The molecule has 2 nitrogen and oxygen atoms in total. The summed E-state index contributed by atoms with van der Waals surface area (Å²) in [6.07, 6.45) is 3.09. The van der Waals surface area contributed by atoms with Crippen molar-refractivity contribution in [1.82, 2.24) is 0 Å². The Morgan fingerprint density at radius 1 is 1.09 bits per heavy atom. The summed E-state index contributed by atoms with van der Waals surface area (Å²) in [5.74, 6) is 0.0129. The van der Waals surface area contributed by atoms with Crippen LogP contribution in [0.1, 0.15) is 22.3 Å². The summed E-state index contributed by atoms with van der Waals surface area (Å²) < 4.78 is 5.49. The molecule has 0 bridgehead atoms. The van der Waals surface area contributed by atoms with Crippen molar-refractivity contribution < 1.29 is 9.53 Å². The Bertz CT molecular complexity index is 590. The Morgan fingerprint density at radius 3 is 2.23 bits per heavy atom. The standard InChI is InChI=1S/C20H22O2/c1-3-17(15-14-16-10-6-4-7-11-16)20(22-2)19(21)18-12-8-5-9-13-18/h3-13,17,20H,1,14-15H2,2H3/t17-,20-/m1/s1. The van der Waals surface area contributed by atoms with Gasteiger partial charge in [0.2, 0.25) is 0 Å². The van der Waals surface area contributed by atoms with Crippen LogP contribution in [0, 0.1) is 5.92 Å². The van der Waals surface area contributed by atoms with Crippen molar-refractivity contribution in [2.24, 2.45) is 5.92 Å². The molecule has 0 N–H and O–H groups in total. The lowest BCUT2D eigenvalue weighted by Crippen LogP contribution is -2.31. The molecule has 0 spiro atoms. The van der Waals surface area contributed by atoms with Gasteiger partial charge in [0.15, 0.2) is 5.78 Å². The smallest absolute Gasteiger partial charge is 0.192 e. The van der Waals surface area contributed by atoms with Gasteiger partial charge in [-0.3, -0.25) is 4.79 Å². The van der Waals surface area contributed by atoms with Crippen LogP contribution < -0.4 is 0 Å². The van der Waals surface area contributed by atoms with E-state index in [9.17, 15) is 4.79 Å². The predicted octanol–water partition coefficient (Wildman–Crippen LogP) is 4.32. The Labute approximate surface area is 132 Å². The maximum atomic E-state index is 12.6. The third kappa shape index (κ3) is 4.15. The van der Waals surface area contributed by atoms with E-state index >= 15 is 0 Å². The van der Waals surface area contributed by atoms with Crippen LogP contribution in [0.3, 0.4) is 0 Å². The molecule has 0 unspecified atom stereocenters. The zero-order valence-corrected chi connectivity index (χ0v) is 12.9. The van der Waals surface area contributed by atoms with Crippen molar-refractivity contribution >= 4 is 5.78 Å². The Hall–Kier alpha value is -2.19. The monoisotopic (exact) mass is 294 g/mol. The second-order valence-electron chi connectivity index (χ2n) is 5.31. The van der Waals surface area contributed by atoms with E-state index in [0.29, 0.717) is 5.56 Å². The average Bonchev–Trinajstić information content (AvgIpc) is 2.59. The molecule has 2 aromatic carbocycles. The van der Waals surface area contributed by atoms with Gasteiger partial charge < -0.3 is 4.74 Å². The number of carbonyl (C=O) groups is 1. The van der Waals surface area contributed by atoms with Gasteiger partial charge in [0, 0.05) is 18.6 Å². The maximum Gasteiger partial charge on any atom is 0.192 e. The van der Waals surface area contributed by atoms with Crippen LogP contribution >= 0.6 is 0 Å². The molecule has 0 aliphatic rings. The fourth-order valence-electron chi connectivity index (χ4n) is 2.61.